The molecule has 0 spiro atoms. The van der Waals surface area contributed by atoms with Crippen LogP contribution in [0.5, 0.6) is 0 Å². The molecule has 1 aliphatic carbocycles. The van der Waals surface area contributed by atoms with E-state index < -0.39 is 0 Å². The van der Waals surface area contributed by atoms with E-state index in [0.29, 0.717) is 0 Å². The van der Waals surface area contributed by atoms with Crippen molar-refractivity contribution < 1.29 is 9.23 Å². The Morgan fingerprint density at radius 3 is 3.08 bits per heavy atom. The smallest absolute Gasteiger partial charge is 0.123 e. The lowest BCUT2D eigenvalue weighted by molar-refractivity contribution is 0.137. The average Bonchev–Trinajstić information content (AvgIpc) is 2.49. The number of hydrogen-bond donors (Lipinski definition) is 1. The molecule has 0 unspecified atom stereocenters. The zero-order chi connectivity index (χ0) is 9.26. The van der Waals surface area contributed by atoms with E-state index in [2.05, 4.69) is 5.48 Å². The monoisotopic (exact) mass is 179 g/mol. The number of fused-ring (bicyclic) bond motifs is 1. The molecule has 2 nitrogen and oxygen atoms in total. The lowest BCUT2D eigenvalue weighted by Crippen LogP contribution is -2.08. The van der Waals surface area contributed by atoms with Crippen LogP contribution in [-0.2, 0) is 11.3 Å². The van der Waals surface area contributed by atoms with Gasteiger partial charge in [0.2, 0.25) is 0 Å². The molecule has 3 heteroatoms. The Hall–Kier alpha value is -1.35. The molecule has 0 atom stereocenters. The van der Waals surface area contributed by atoms with Crippen LogP contribution in [0, 0.1) is 5.82 Å². The molecule has 0 amide bonds. The van der Waals surface area contributed by atoms with Gasteiger partial charge in [0.15, 0.2) is 0 Å². The number of rotatable bonds is 2. The van der Waals surface area contributed by atoms with Crippen molar-refractivity contribution in [1.29, 1.82) is 0 Å². The number of hydroxylamine groups is 1. The second-order valence-electron chi connectivity index (χ2n) is 2.93. The van der Waals surface area contributed by atoms with Gasteiger partial charge in [-0.25, -0.2) is 4.39 Å². The predicted octanol–water partition coefficient (Wildman–Crippen LogP) is 1.87. The van der Waals surface area contributed by atoms with E-state index in [0.717, 1.165) is 23.2 Å². The fourth-order valence-electron chi connectivity index (χ4n) is 1.51. The normalized spacial score (nSPS) is 13.8. The van der Waals surface area contributed by atoms with Crippen LogP contribution >= 0.6 is 0 Å². The highest BCUT2D eigenvalue weighted by Crippen LogP contribution is 2.25. The molecule has 0 radical (unpaired) electrons. The summed E-state index contributed by atoms with van der Waals surface area (Å²) in [7, 11) is 1.54. The molecule has 13 heavy (non-hydrogen) atoms. The molecule has 0 aliphatic heterocycles. The first-order valence-corrected chi connectivity index (χ1v) is 4.09. The van der Waals surface area contributed by atoms with Gasteiger partial charge in [0, 0.05) is 5.56 Å². The van der Waals surface area contributed by atoms with Gasteiger partial charge in [-0.2, -0.15) is 0 Å². The van der Waals surface area contributed by atoms with Gasteiger partial charge in [0.05, 0.1) is 12.8 Å². The van der Waals surface area contributed by atoms with Crippen molar-refractivity contribution in [3.8, 4) is 0 Å². The third-order valence-electron chi connectivity index (χ3n) is 2.10. The third kappa shape index (κ3) is 1.42. The first kappa shape index (κ1) is 8.26. The highest BCUT2D eigenvalue weighted by molar-refractivity contribution is 5.70. The number of halogens is 1. The van der Waals surface area contributed by atoms with Crippen molar-refractivity contribution in [3.05, 3.63) is 41.2 Å². The minimum absolute atomic E-state index is 0.218. The third-order valence-corrected chi connectivity index (χ3v) is 2.10. The van der Waals surface area contributed by atoms with Crippen LogP contribution in [0.2, 0.25) is 0 Å². The van der Waals surface area contributed by atoms with Crippen LogP contribution in [0.4, 0.5) is 4.39 Å². The number of allylic oxidation sites excluding steroid dienone is 1. The quantitative estimate of drug-likeness (QED) is 0.700. The second kappa shape index (κ2) is 3.18. The largest absolute Gasteiger partial charge is 0.279 e. The SMILES string of the molecule is CONC1=CCc2ccc(F)cc21. The van der Waals surface area contributed by atoms with Gasteiger partial charge in [-0.1, -0.05) is 12.1 Å². The summed E-state index contributed by atoms with van der Waals surface area (Å²) in [4.78, 5) is 4.78. The van der Waals surface area contributed by atoms with E-state index >= 15 is 0 Å². The van der Waals surface area contributed by atoms with E-state index in [-0.39, 0.29) is 5.82 Å². The van der Waals surface area contributed by atoms with E-state index in [1.807, 2.05) is 6.08 Å². The average molecular weight is 179 g/mol. The lowest BCUT2D eigenvalue weighted by Gasteiger charge is -2.06. The maximum Gasteiger partial charge on any atom is 0.123 e. The van der Waals surface area contributed by atoms with Crippen molar-refractivity contribution in [2.45, 2.75) is 6.42 Å². The Labute approximate surface area is 76.0 Å². The zero-order valence-electron chi connectivity index (χ0n) is 7.30. The molecular formula is C10H10FNO. The van der Waals surface area contributed by atoms with Crippen LogP contribution in [0.25, 0.3) is 5.70 Å². The molecule has 0 saturated heterocycles. The van der Waals surface area contributed by atoms with Crippen LogP contribution < -0.4 is 5.48 Å². The first-order chi connectivity index (χ1) is 6.31. The fraction of sp³-hybridized carbons (Fsp3) is 0.200. The molecule has 1 aromatic carbocycles. The van der Waals surface area contributed by atoms with Crippen molar-refractivity contribution in [1.82, 2.24) is 5.48 Å². The van der Waals surface area contributed by atoms with Crippen LogP contribution in [0.3, 0.4) is 0 Å². The predicted molar refractivity (Wildman–Crippen MR) is 48.2 cm³/mol. The van der Waals surface area contributed by atoms with Gasteiger partial charge in [-0.3, -0.25) is 10.3 Å². The summed E-state index contributed by atoms with van der Waals surface area (Å²) in [5, 5.41) is 0. The molecule has 2 rings (SSSR count). The van der Waals surface area contributed by atoms with Crippen molar-refractivity contribution >= 4 is 5.70 Å². The summed E-state index contributed by atoms with van der Waals surface area (Å²) in [5.74, 6) is -0.218. The molecule has 1 aromatic rings. The highest BCUT2D eigenvalue weighted by Gasteiger charge is 2.13. The van der Waals surface area contributed by atoms with Crippen molar-refractivity contribution in [3.63, 3.8) is 0 Å². The summed E-state index contributed by atoms with van der Waals surface area (Å²) in [5.41, 5.74) is 5.58. The first-order valence-electron chi connectivity index (χ1n) is 4.09. The Morgan fingerprint density at radius 2 is 2.31 bits per heavy atom. The van der Waals surface area contributed by atoms with E-state index in [1.54, 1.807) is 6.07 Å². The molecule has 1 aliphatic rings. The number of hydrogen-bond acceptors (Lipinski definition) is 2. The Balaban J connectivity index is 2.36. The summed E-state index contributed by atoms with van der Waals surface area (Å²) >= 11 is 0. The van der Waals surface area contributed by atoms with Crippen LogP contribution in [0.1, 0.15) is 11.1 Å². The van der Waals surface area contributed by atoms with E-state index in [1.165, 1.54) is 19.2 Å². The van der Waals surface area contributed by atoms with Crippen molar-refractivity contribution in [2.75, 3.05) is 7.11 Å². The van der Waals surface area contributed by atoms with Gasteiger partial charge in [-0.15, -0.1) is 0 Å². The minimum atomic E-state index is -0.218. The summed E-state index contributed by atoms with van der Waals surface area (Å²) in [6.07, 6.45) is 2.81. The Kier molecular flexibility index (Phi) is 2.02. The van der Waals surface area contributed by atoms with Gasteiger partial charge in [0.1, 0.15) is 5.82 Å². The zero-order valence-corrected chi connectivity index (χ0v) is 7.30. The molecule has 68 valence electrons. The van der Waals surface area contributed by atoms with E-state index in [9.17, 15) is 4.39 Å². The molecule has 0 aromatic heterocycles. The van der Waals surface area contributed by atoms with Gasteiger partial charge in [0.25, 0.3) is 0 Å². The van der Waals surface area contributed by atoms with Crippen LogP contribution in [0.15, 0.2) is 24.3 Å². The maximum atomic E-state index is 12.9. The highest BCUT2D eigenvalue weighted by atomic mass is 19.1. The molecule has 0 saturated carbocycles. The topological polar surface area (TPSA) is 21.3 Å². The lowest BCUT2D eigenvalue weighted by atomic mass is 10.1. The standard InChI is InChI=1S/C10H10FNO/c1-13-12-10-5-3-7-2-4-8(11)6-9(7)10/h2,4-6,12H,3H2,1H3. The Bertz CT molecular complexity index is 360. The van der Waals surface area contributed by atoms with Gasteiger partial charge < -0.3 is 0 Å². The summed E-state index contributed by atoms with van der Waals surface area (Å²) < 4.78 is 12.9. The summed E-state index contributed by atoms with van der Waals surface area (Å²) in [6, 6.07) is 4.79. The number of nitrogens with one attached hydrogen (secondary N) is 1. The van der Waals surface area contributed by atoms with E-state index in [4.69, 9.17) is 4.84 Å². The minimum Gasteiger partial charge on any atom is -0.279 e. The molecule has 1 N–H and O–H groups in total. The Morgan fingerprint density at radius 1 is 1.46 bits per heavy atom. The van der Waals surface area contributed by atoms with Gasteiger partial charge >= 0.3 is 0 Å². The maximum absolute atomic E-state index is 12.9. The molecule has 0 fully saturated rings. The van der Waals surface area contributed by atoms with Gasteiger partial charge in [-0.05, 0) is 24.1 Å². The molecular weight excluding hydrogens is 169 g/mol. The van der Waals surface area contributed by atoms with Crippen LogP contribution in [-0.4, -0.2) is 7.11 Å². The fourth-order valence-corrected chi connectivity index (χ4v) is 1.51. The molecule has 0 bridgehead atoms. The number of benzene rings is 1. The molecule has 0 heterocycles. The second-order valence-corrected chi connectivity index (χ2v) is 2.93. The van der Waals surface area contributed by atoms with Crippen molar-refractivity contribution in [2.24, 2.45) is 0 Å². The summed E-state index contributed by atoms with van der Waals surface area (Å²) in [6.45, 7) is 0.